The number of phenols is 1. The zero-order chi connectivity index (χ0) is 26.2. The van der Waals surface area contributed by atoms with Gasteiger partial charge in [0.1, 0.15) is 5.75 Å². The fourth-order valence-corrected chi connectivity index (χ4v) is 4.49. The number of benzene rings is 2. The highest BCUT2D eigenvalue weighted by Crippen LogP contribution is 2.28. The van der Waals surface area contributed by atoms with E-state index in [0.717, 1.165) is 35.6 Å². The van der Waals surface area contributed by atoms with Crippen molar-refractivity contribution in [3.8, 4) is 22.8 Å². The van der Waals surface area contributed by atoms with Gasteiger partial charge in [0.2, 0.25) is 0 Å². The molecule has 9 nitrogen and oxygen atoms in total. The Kier molecular flexibility index (Phi) is 8.52. The van der Waals surface area contributed by atoms with Crippen molar-refractivity contribution in [3.63, 3.8) is 0 Å². The number of nitrogens with zero attached hydrogens (tertiary/aromatic N) is 6. The number of carbonyl (C=O) groups excluding carboxylic acids is 1. The monoisotopic (exact) mass is 515 g/mol. The normalized spacial score (nSPS) is 11.1. The molecular weight excluding hydrogens is 486 g/mol. The Balaban J connectivity index is 1.44. The number of carbonyl (C=O) groups is 1. The molecule has 1 amide bonds. The van der Waals surface area contributed by atoms with Gasteiger partial charge in [0.15, 0.2) is 11.0 Å². The number of pyridine rings is 1. The SMILES string of the molecule is CCN(CC)c1ccc(C=NNC(=O)CSc2nnc(-c3ccncc3)n2-c2ccc(C)cc2)c(O)c1. The van der Waals surface area contributed by atoms with E-state index in [9.17, 15) is 9.90 Å². The lowest BCUT2D eigenvalue weighted by Crippen LogP contribution is -2.21. The van der Waals surface area contributed by atoms with Gasteiger partial charge in [-0.1, -0.05) is 29.5 Å². The number of aromatic hydroxyl groups is 1. The average molecular weight is 516 g/mol. The summed E-state index contributed by atoms with van der Waals surface area (Å²) >= 11 is 1.26. The Morgan fingerprint density at radius 3 is 2.49 bits per heavy atom. The molecular formula is C27H29N7O2S. The highest BCUT2D eigenvalue weighted by Gasteiger charge is 2.17. The molecule has 0 bridgehead atoms. The van der Waals surface area contributed by atoms with Crippen molar-refractivity contribution in [3.05, 3.63) is 78.1 Å². The van der Waals surface area contributed by atoms with Gasteiger partial charge in [-0.15, -0.1) is 10.2 Å². The predicted octanol–water partition coefficient (Wildman–Crippen LogP) is 4.43. The number of aryl methyl sites for hydroxylation is 1. The van der Waals surface area contributed by atoms with Gasteiger partial charge in [-0.3, -0.25) is 14.3 Å². The summed E-state index contributed by atoms with van der Waals surface area (Å²) in [6.07, 6.45) is 4.84. The van der Waals surface area contributed by atoms with Crippen molar-refractivity contribution in [1.82, 2.24) is 25.2 Å². The van der Waals surface area contributed by atoms with Gasteiger partial charge in [0.05, 0.1) is 12.0 Å². The second kappa shape index (κ2) is 12.2. The summed E-state index contributed by atoms with van der Waals surface area (Å²) in [5.41, 5.74) is 6.88. The van der Waals surface area contributed by atoms with Crippen LogP contribution in [0.4, 0.5) is 5.69 Å². The van der Waals surface area contributed by atoms with E-state index in [1.165, 1.54) is 18.0 Å². The molecule has 2 heterocycles. The van der Waals surface area contributed by atoms with Crippen molar-refractivity contribution in [2.24, 2.45) is 5.10 Å². The lowest BCUT2D eigenvalue weighted by molar-refractivity contribution is -0.118. The van der Waals surface area contributed by atoms with Crippen molar-refractivity contribution < 1.29 is 9.90 Å². The molecule has 190 valence electrons. The molecule has 0 aliphatic carbocycles. The fourth-order valence-electron chi connectivity index (χ4n) is 3.74. The topological polar surface area (TPSA) is 109 Å². The number of amides is 1. The third kappa shape index (κ3) is 6.34. The van der Waals surface area contributed by atoms with Crippen molar-refractivity contribution in [2.75, 3.05) is 23.7 Å². The van der Waals surface area contributed by atoms with Crippen LogP contribution in [-0.2, 0) is 4.79 Å². The lowest BCUT2D eigenvalue weighted by atomic mass is 10.2. The summed E-state index contributed by atoms with van der Waals surface area (Å²) in [4.78, 5) is 18.7. The highest BCUT2D eigenvalue weighted by molar-refractivity contribution is 7.99. The zero-order valence-corrected chi connectivity index (χ0v) is 21.8. The van der Waals surface area contributed by atoms with Crippen LogP contribution in [0.5, 0.6) is 5.75 Å². The van der Waals surface area contributed by atoms with Crippen LogP contribution in [0.1, 0.15) is 25.0 Å². The van der Waals surface area contributed by atoms with E-state index in [2.05, 4.69) is 44.5 Å². The van der Waals surface area contributed by atoms with Gasteiger partial charge in [-0.25, -0.2) is 5.43 Å². The second-order valence-corrected chi connectivity index (χ2v) is 9.15. The van der Waals surface area contributed by atoms with E-state index >= 15 is 0 Å². The first-order chi connectivity index (χ1) is 18.0. The van der Waals surface area contributed by atoms with Gasteiger partial charge < -0.3 is 10.0 Å². The Morgan fingerprint density at radius 2 is 1.81 bits per heavy atom. The minimum atomic E-state index is -0.301. The maximum Gasteiger partial charge on any atom is 0.250 e. The number of phenolic OH excluding ortho intramolecular Hbond substituents is 1. The molecule has 10 heteroatoms. The number of hydrogen-bond donors (Lipinski definition) is 2. The number of hydrogen-bond acceptors (Lipinski definition) is 8. The molecule has 4 rings (SSSR count). The molecule has 0 fully saturated rings. The molecule has 0 saturated heterocycles. The summed E-state index contributed by atoms with van der Waals surface area (Å²) in [6.45, 7) is 7.84. The summed E-state index contributed by atoms with van der Waals surface area (Å²) in [7, 11) is 0. The summed E-state index contributed by atoms with van der Waals surface area (Å²) in [5, 5.41) is 23.7. The first kappa shape index (κ1) is 25.9. The summed E-state index contributed by atoms with van der Waals surface area (Å²) < 4.78 is 1.92. The van der Waals surface area contributed by atoms with E-state index in [1.54, 1.807) is 24.5 Å². The van der Waals surface area contributed by atoms with Crippen LogP contribution in [0.3, 0.4) is 0 Å². The molecule has 0 spiro atoms. The third-order valence-corrected chi connectivity index (χ3v) is 6.66. The largest absolute Gasteiger partial charge is 0.507 e. The molecule has 0 saturated carbocycles. The van der Waals surface area contributed by atoms with Crippen LogP contribution >= 0.6 is 11.8 Å². The average Bonchev–Trinajstić information content (AvgIpc) is 3.34. The standard InChI is InChI=1S/C27H29N7O2S/c1-4-33(5-2)23-11-8-21(24(35)16-23)17-29-30-25(36)18-37-27-32-31-26(20-12-14-28-15-13-20)34(27)22-9-6-19(3)7-10-22/h6-17,35H,4-5,18H2,1-3H3,(H,30,36). The summed E-state index contributed by atoms with van der Waals surface area (Å²) in [6, 6.07) is 17.2. The van der Waals surface area contributed by atoms with E-state index in [-0.39, 0.29) is 17.4 Å². The molecule has 2 aromatic heterocycles. The number of anilines is 1. The Bertz CT molecular complexity index is 1370. The zero-order valence-electron chi connectivity index (χ0n) is 21.0. The minimum absolute atomic E-state index is 0.0879. The molecule has 0 aliphatic heterocycles. The van der Waals surface area contributed by atoms with Crippen molar-refractivity contribution >= 4 is 29.6 Å². The molecule has 0 atom stereocenters. The minimum Gasteiger partial charge on any atom is -0.507 e. The van der Waals surface area contributed by atoms with Crippen molar-refractivity contribution in [1.29, 1.82) is 0 Å². The predicted molar refractivity (Wildman–Crippen MR) is 147 cm³/mol. The first-order valence-electron chi connectivity index (χ1n) is 12.0. The van der Waals surface area contributed by atoms with Crippen LogP contribution in [0.25, 0.3) is 17.1 Å². The molecule has 0 unspecified atom stereocenters. The number of thioether (sulfide) groups is 1. The van der Waals surface area contributed by atoms with Crippen molar-refractivity contribution in [2.45, 2.75) is 25.9 Å². The van der Waals surface area contributed by atoms with Crippen LogP contribution < -0.4 is 10.3 Å². The molecule has 2 aromatic carbocycles. The second-order valence-electron chi connectivity index (χ2n) is 8.21. The van der Waals surface area contributed by atoms with Crippen LogP contribution in [0.15, 0.2) is 77.2 Å². The van der Waals surface area contributed by atoms with Gasteiger partial charge in [-0.2, -0.15) is 5.10 Å². The smallest absolute Gasteiger partial charge is 0.250 e. The maximum absolute atomic E-state index is 12.5. The van der Waals surface area contributed by atoms with Gasteiger partial charge in [-0.05, 0) is 57.2 Å². The van der Waals surface area contributed by atoms with E-state index in [4.69, 9.17) is 0 Å². The number of nitrogens with one attached hydrogen (secondary N) is 1. The van der Waals surface area contributed by atoms with E-state index in [1.807, 2.05) is 54.0 Å². The quantitative estimate of drug-likeness (QED) is 0.183. The van der Waals surface area contributed by atoms with Crippen LogP contribution in [0, 0.1) is 6.92 Å². The Labute approximate surface area is 220 Å². The molecule has 4 aromatic rings. The number of aromatic nitrogens is 4. The third-order valence-electron chi connectivity index (χ3n) is 5.73. The highest BCUT2D eigenvalue weighted by atomic mass is 32.2. The number of hydrazone groups is 1. The first-order valence-corrected chi connectivity index (χ1v) is 12.9. The van der Waals surface area contributed by atoms with Crippen LogP contribution in [0.2, 0.25) is 0 Å². The Morgan fingerprint density at radius 1 is 1.08 bits per heavy atom. The summed E-state index contributed by atoms with van der Waals surface area (Å²) in [5.74, 6) is 0.553. The van der Waals surface area contributed by atoms with E-state index in [0.29, 0.717) is 16.5 Å². The van der Waals surface area contributed by atoms with Gasteiger partial charge in [0, 0.05) is 54.1 Å². The molecule has 2 N–H and O–H groups in total. The molecule has 37 heavy (non-hydrogen) atoms. The van der Waals surface area contributed by atoms with Gasteiger partial charge in [0.25, 0.3) is 5.91 Å². The maximum atomic E-state index is 12.5. The molecule has 0 radical (unpaired) electrons. The van der Waals surface area contributed by atoms with E-state index < -0.39 is 0 Å². The molecule has 0 aliphatic rings. The Hall–Kier alpha value is -4.18. The fraction of sp³-hybridized carbons (Fsp3) is 0.222. The number of rotatable bonds is 10. The van der Waals surface area contributed by atoms with Crippen LogP contribution in [-0.4, -0.2) is 55.8 Å². The van der Waals surface area contributed by atoms with Gasteiger partial charge >= 0.3 is 0 Å². The lowest BCUT2D eigenvalue weighted by Gasteiger charge is -2.21.